The molecule has 22 heavy (non-hydrogen) atoms. The highest BCUT2D eigenvalue weighted by Gasteiger charge is 2.16. The summed E-state index contributed by atoms with van der Waals surface area (Å²) in [6, 6.07) is 6.18. The molecule has 0 radical (unpaired) electrons. The molecule has 0 saturated heterocycles. The van der Waals surface area contributed by atoms with Crippen LogP contribution in [0.15, 0.2) is 23.2 Å². The van der Waals surface area contributed by atoms with Crippen LogP contribution >= 0.6 is 0 Å². The maximum atomic E-state index is 11.6. The summed E-state index contributed by atoms with van der Waals surface area (Å²) < 4.78 is 5.20. The van der Waals surface area contributed by atoms with Gasteiger partial charge in [-0.15, -0.1) is 0 Å². The monoisotopic (exact) mass is 303 g/mol. The lowest BCUT2D eigenvalue weighted by Gasteiger charge is -2.20. The SMILES string of the molecule is CC(C)(C)OC(=O)CN=C(N)Nc1cccc2c1CCCC2. The molecule has 0 heterocycles. The van der Waals surface area contributed by atoms with E-state index in [0.29, 0.717) is 0 Å². The first-order chi connectivity index (χ1) is 10.3. The molecule has 0 unspecified atom stereocenters. The van der Waals surface area contributed by atoms with E-state index in [4.69, 9.17) is 10.5 Å². The van der Waals surface area contributed by atoms with Gasteiger partial charge in [-0.05, 0) is 63.6 Å². The van der Waals surface area contributed by atoms with Crippen LogP contribution in [0, 0.1) is 0 Å². The summed E-state index contributed by atoms with van der Waals surface area (Å²) >= 11 is 0. The number of aliphatic imine (C=N–C) groups is 1. The molecule has 120 valence electrons. The molecule has 1 aliphatic rings. The van der Waals surface area contributed by atoms with E-state index in [1.165, 1.54) is 24.0 Å². The number of guanidine groups is 1. The zero-order chi connectivity index (χ0) is 16.2. The highest BCUT2D eigenvalue weighted by Crippen LogP contribution is 2.27. The number of aryl methyl sites for hydroxylation is 1. The van der Waals surface area contributed by atoms with Crippen LogP contribution in [0.5, 0.6) is 0 Å². The van der Waals surface area contributed by atoms with Crippen LogP contribution in [-0.2, 0) is 22.4 Å². The second-order valence-electron chi connectivity index (χ2n) is 6.56. The van der Waals surface area contributed by atoms with Gasteiger partial charge >= 0.3 is 5.97 Å². The lowest BCUT2D eigenvalue weighted by atomic mass is 9.90. The van der Waals surface area contributed by atoms with Gasteiger partial charge in [-0.2, -0.15) is 0 Å². The van der Waals surface area contributed by atoms with Gasteiger partial charge in [0.2, 0.25) is 0 Å². The maximum Gasteiger partial charge on any atom is 0.328 e. The molecule has 0 aliphatic heterocycles. The first-order valence-corrected chi connectivity index (χ1v) is 7.75. The Bertz CT molecular complexity index is 574. The van der Waals surface area contributed by atoms with Crippen LogP contribution in [-0.4, -0.2) is 24.1 Å². The van der Waals surface area contributed by atoms with E-state index in [-0.39, 0.29) is 18.5 Å². The number of nitrogens with two attached hydrogens (primary N) is 1. The van der Waals surface area contributed by atoms with Crippen LogP contribution in [0.3, 0.4) is 0 Å². The topological polar surface area (TPSA) is 76.7 Å². The average molecular weight is 303 g/mol. The first-order valence-electron chi connectivity index (χ1n) is 7.75. The third kappa shape index (κ3) is 4.76. The maximum absolute atomic E-state index is 11.6. The molecule has 0 bridgehead atoms. The molecule has 0 aromatic heterocycles. The van der Waals surface area contributed by atoms with Crippen molar-refractivity contribution in [2.75, 3.05) is 11.9 Å². The van der Waals surface area contributed by atoms with Crippen LogP contribution in [0.25, 0.3) is 0 Å². The van der Waals surface area contributed by atoms with Crippen molar-refractivity contribution in [2.24, 2.45) is 10.7 Å². The number of ether oxygens (including phenoxy) is 1. The van der Waals surface area contributed by atoms with E-state index in [1.54, 1.807) is 0 Å². The molecule has 0 spiro atoms. The number of carbonyl (C=O) groups is 1. The van der Waals surface area contributed by atoms with Crippen LogP contribution in [0.1, 0.15) is 44.7 Å². The van der Waals surface area contributed by atoms with E-state index in [9.17, 15) is 4.79 Å². The summed E-state index contributed by atoms with van der Waals surface area (Å²) in [6.45, 7) is 5.40. The molecule has 5 nitrogen and oxygen atoms in total. The predicted molar refractivity (Wildman–Crippen MR) is 89.0 cm³/mol. The molecule has 1 aromatic rings. The number of hydrogen-bond donors (Lipinski definition) is 2. The van der Waals surface area contributed by atoms with Gasteiger partial charge in [0.15, 0.2) is 5.96 Å². The number of carbonyl (C=O) groups excluding carboxylic acids is 1. The molecule has 1 aliphatic carbocycles. The molecule has 0 fully saturated rings. The van der Waals surface area contributed by atoms with Crippen LogP contribution < -0.4 is 11.1 Å². The summed E-state index contributed by atoms with van der Waals surface area (Å²) in [5.74, 6) is -0.142. The molecule has 0 amide bonds. The molecular weight excluding hydrogens is 278 g/mol. The smallest absolute Gasteiger partial charge is 0.328 e. The fourth-order valence-corrected chi connectivity index (χ4v) is 2.60. The largest absolute Gasteiger partial charge is 0.459 e. The zero-order valence-corrected chi connectivity index (χ0v) is 13.6. The average Bonchev–Trinajstić information content (AvgIpc) is 2.44. The van der Waals surface area contributed by atoms with E-state index >= 15 is 0 Å². The van der Waals surface area contributed by atoms with Crippen molar-refractivity contribution in [3.63, 3.8) is 0 Å². The Morgan fingerprint density at radius 3 is 2.77 bits per heavy atom. The highest BCUT2D eigenvalue weighted by atomic mass is 16.6. The highest BCUT2D eigenvalue weighted by molar-refractivity contribution is 5.94. The Morgan fingerprint density at radius 1 is 1.32 bits per heavy atom. The minimum absolute atomic E-state index is 0.0782. The lowest BCUT2D eigenvalue weighted by molar-refractivity contribution is -0.152. The number of hydrogen-bond acceptors (Lipinski definition) is 3. The second-order valence-corrected chi connectivity index (χ2v) is 6.56. The molecule has 0 saturated carbocycles. The van der Waals surface area contributed by atoms with Gasteiger partial charge < -0.3 is 15.8 Å². The number of nitrogens with one attached hydrogen (secondary N) is 1. The summed E-state index contributed by atoms with van der Waals surface area (Å²) in [7, 11) is 0. The number of esters is 1. The second kappa shape index (κ2) is 6.81. The number of nitrogens with zero attached hydrogens (tertiary/aromatic N) is 1. The summed E-state index contributed by atoms with van der Waals surface area (Å²) in [5, 5.41) is 3.11. The molecule has 1 aromatic carbocycles. The standard InChI is InChI=1S/C17H25N3O2/c1-17(2,3)22-15(21)11-19-16(18)20-14-10-6-8-12-7-4-5-9-13(12)14/h6,8,10H,4-5,7,9,11H2,1-3H3,(H3,18,19,20). The van der Waals surface area contributed by atoms with Gasteiger partial charge in [-0.25, -0.2) is 4.99 Å². The zero-order valence-electron chi connectivity index (χ0n) is 13.6. The Labute approximate surface area is 132 Å². The Hall–Kier alpha value is -2.04. The molecule has 0 atom stereocenters. The van der Waals surface area contributed by atoms with Crippen molar-refractivity contribution in [2.45, 2.75) is 52.1 Å². The van der Waals surface area contributed by atoms with Gasteiger partial charge in [-0.3, -0.25) is 4.79 Å². The molecule has 3 N–H and O–H groups in total. The van der Waals surface area contributed by atoms with E-state index in [2.05, 4.69) is 16.4 Å². The van der Waals surface area contributed by atoms with Crippen molar-refractivity contribution in [1.29, 1.82) is 0 Å². The summed E-state index contributed by atoms with van der Waals surface area (Å²) in [5.41, 5.74) is 9.04. The van der Waals surface area contributed by atoms with Crippen molar-refractivity contribution >= 4 is 17.6 Å². The van der Waals surface area contributed by atoms with Gasteiger partial charge in [-0.1, -0.05) is 12.1 Å². The third-order valence-corrected chi connectivity index (χ3v) is 3.46. The normalized spacial score (nSPS) is 15.1. The number of fused-ring (bicyclic) bond motifs is 1. The van der Waals surface area contributed by atoms with Gasteiger partial charge in [0, 0.05) is 5.69 Å². The lowest BCUT2D eigenvalue weighted by Crippen LogP contribution is -2.28. The van der Waals surface area contributed by atoms with Gasteiger partial charge in [0.05, 0.1) is 0 Å². The van der Waals surface area contributed by atoms with Crippen molar-refractivity contribution in [3.8, 4) is 0 Å². The van der Waals surface area contributed by atoms with Crippen molar-refractivity contribution in [1.82, 2.24) is 0 Å². The molecular formula is C17H25N3O2. The Kier molecular flexibility index (Phi) is 5.06. The minimum Gasteiger partial charge on any atom is -0.459 e. The van der Waals surface area contributed by atoms with Gasteiger partial charge in [0.1, 0.15) is 12.1 Å². The van der Waals surface area contributed by atoms with E-state index in [1.807, 2.05) is 32.9 Å². The minimum atomic E-state index is -0.507. The van der Waals surface area contributed by atoms with E-state index in [0.717, 1.165) is 18.5 Å². The van der Waals surface area contributed by atoms with Crippen molar-refractivity contribution < 1.29 is 9.53 Å². The number of anilines is 1. The first kappa shape index (κ1) is 16.3. The Morgan fingerprint density at radius 2 is 2.05 bits per heavy atom. The number of rotatable bonds is 3. The quantitative estimate of drug-likeness (QED) is 0.511. The number of benzene rings is 1. The van der Waals surface area contributed by atoms with Crippen molar-refractivity contribution in [3.05, 3.63) is 29.3 Å². The third-order valence-electron chi connectivity index (χ3n) is 3.46. The summed E-state index contributed by atoms with van der Waals surface area (Å²) in [6.07, 6.45) is 4.59. The summed E-state index contributed by atoms with van der Waals surface area (Å²) in [4.78, 5) is 15.7. The fraction of sp³-hybridized carbons (Fsp3) is 0.529. The van der Waals surface area contributed by atoms with Crippen LogP contribution in [0.2, 0.25) is 0 Å². The van der Waals surface area contributed by atoms with E-state index < -0.39 is 5.60 Å². The van der Waals surface area contributed by atoms with Crippen LogP contribution in [0.4, 0.5) is 5.69 Å². The predicted octanol–water partition coefficient (Wildman–Crippen LogP) is 2.63. The fourth-order valence-electron chi connectivity index (χ4n) is 2.60. The van der Waals surface area contributed by atoms with Gasteiger partial charge in [0.25, 0.3) is 0 Å². The molecule has 5 heteroatoms. The molecule has 2 rings (SSSR count). The Balaban J connectivity index is 1.99.